The summed E-state index contributed by atoms with van der Waals surface area (Å²) in [5, 5.41) is 27.8. The first kappa shape index (κ1) is 20.6. The van der Waals surface area contributed by atoms with Crippen molar-refractivity contribution in [2.75, 3.05) is 0 Å². The van der Waals surface area contributed by atoms with Gasteiger partial charge in [0.2, 0.25) is 0 Å². The fourth-order valence-corrected chi connectivity index (χ4v) is 1.65. The van der Waals surface area contributed by atoms with Crippen molar-refractivity contribution < 1.29 is 29.7 Å². The number of carboxylic acids is 3. The molecule has 1 aromatic carbocycles. The summed E-state index contributed by atoms with van der Waals surface area (Å²) in [6.45, 7) is 4.39. The van der Waals surface area contributed by atoms with Gasteiger partial charge in [0, 0.05) is 6.54 Å². The van der Waals surface area contributed by atoms with Crippen LogP contribution in [0.2, 0.25) is 0 Å². The molecule has 0 aliphatic rings. The van der Waals surface area contributed by atoms with Gasteiger partial charge in [0.1, 0.15) is 6.04 Å². The molecule has 0 fully saturated rings. The Morgan fingerprint density at radius 1 is 0.957 bits per heavy atom. The molecule has 0 bridgehead atoms. The zero-order chi connectivity index (χ0) is 17.8. The first-order valence-electron chi connectivity index (χ1n) is 7.17. The SMILES string of the molecule is CC(C)[C@H](NCc1ccccc1)C(=O)O.O=C(O)CCC(=O)O. The molecule has 0 unspecified atom stereocenters. The van der Waals surface area contributed by atoms with Crippen LogP contribution >= 0.6 is 0 Å². The molecule has 7 nitrogen and oxygen atoms in total. The molecule has 0 saturated heterocycles. The summed E-state index contributed by atoms with van der Waals surface area (Å²) in [5.41, 5.74) is 1.10. The third-order valence-electron chi connectivity index (χ3n) is 2.85. The third-order valence-corrected chi connectivity index (χ3v) is 2.85. The second kappa shape index (κ2) is 11.2. The van der Waals surface area contributed by atoms with Gasteiger partial charge in [-0.3, -0.25) is 14.4 Å². The van der Waals surface area contributed by atoms with Gasteiger partial charge in [-0.25, -0.2) is 0 Å². The van der Waals surface area contributed by atoms with Crippen LogP contribution in [0.1, 0.15) is 32.3 Å². The number of hydrogen-bond acceptors (Lipinski definition) is 4. The van der Waals surface area contributed by atoms with E-state index in [1.165, 1.54) is 0 Å². The highest BCUT2D eigenvalue weighted by Crippen LogP contribution is 2.04. The van der Waals surface area contributed by atoms with Crippen LogP contribution < -0.4 is 5.32 Å². The van der Waals surface area contributed by atoms with Crippen molar-refractivity contribution in [2.45, 2.75) is 39.3 Å². The molecule has 0 aliphatic heterocycles. The van der Waals surface area contributed by atoms with Crippen LogP contribution in [-0.2, 0) is 20.9 Å². The zero-order valence-electron chi connectivity index (χ0n) is 13.2. The van der Waals surface area contributed by atoms with Gasteiger partial charge < -0.3 is 20.6 Å². The number of carbonyl (C=O) groups is 3. The van der Waals surface area contributed by atoms with Crippen LogP contribution in [0.25, 0.3) is 0 Å². The monoisotopic (exact) mass is 325 g/mol. The molecule has 0 radical (unpaired) electrons. The summed E-state index contributed by atoms with van der Waals surface area (Å²) in [4.78, 5) is 30.2. The highest BCUT2D eigenvalue weighted by atomic mass is 16.4. The van der Waals surface area contributed by atoms with Gasteiger partial charge in [0.25, 0.3) is 0 Å². The minimum atomic E-state index is -1.08. The van der Waals surface area contributed by atoms with Gasteiger partial charge in [-0.05, 0) is 11.5 Å². The molecule has 0 amide bonds. The summed E-state index contributed by atoms with van der Waals surface area (Å²) >= 11 is 0. The summed E-state index contributed by atoms with van der Waals surface area (Å²) in [6, 6.07) is 9.31. The van der Waals surface area contributed by atoms with E-state index in [0.717, 1.165) is 5.56 Å². The van der Waals surface area contributed by atoms with Gasteiger partial charge >= 0.3 is 17.9 Å². The van der Waals surface area contributed by atoms with Crippen molar-refractivity contribution in [2.24, 2.45) is 5.92 Å². The maximum absolute atomic E-state index is 10.9. The Hall–Kier alpha value is -2.41. The fraction of sp³-hybridized carbons (Fsp3) is 0.438. The van der Waals surface area contributed by atoms with E-state index in [9.17, 15) is 14.4 Å². The van der Waals surface area contributed by atoms with E-state index >= 15 is 0 Å². The molecule has 0 aromatic heterocycles. The minimum absolute atomic E-state index is 0.0891. The van der Waals surface area contributed by atoms with Gasteiger partial charge in [-0.1, -0.05) is 44.2 Å². The third kappa shape index (κ3) is 10.9. The Morgan fingerprint density at radius 3 is 1.78 bits per heavy atom. The maximum Gasteiger partial charge on any atom is 0.320 e. The normalized spacial score (nSPS) is 11.3. The zero-order valence-corrected chi connectivity index (χ0v) is 13.2. The van der Waals surface area contributed by atoms with Gasteiger partial charge in [0.05, 0.1) is 12.8 Å². The molecule has 128 valence electrons. The van der Waals surface area contributed by atoms with E-state index in [2.05, 4.69) is 5.32 Å². The Bertz CT molecular complexity index is 487. The molecule has 23 heavy (non-hydrogen) atoms. The molecule has 7 heteroatoms. The number of nitrogens with one attached hydrogen (secondary N) is 1. The van der Waals surface area contributed by atoms with Crippen LogP contribution in [0, 0.1) is 5.92 Å². The Kier molecular flexibility index (Phi) is 10.0. The van der Waals surface area contributed by atoms with E-state index in [0.29, 0.717) is 6.54 Å². The first-order chi connectivity index (χ1) is 10.7. The quantitative estimate of drug-likeness (QED) is 0.574. The second-order valence-corrected chi connectivity index (χ2v) is 5.21. The van der Waals surface area contributed by atoms with Crippen molar-refractivity contribution in [3.8, 4) is 0 Å². The van der Waals surface area contributed by atoms with Gasteiger partial charge in [0.15, 0.2) is 0 Å². The van der Waals surface area contributed by atoms with Crippen molar-refractivity contribution in [3.63, 3.8) is 0 Å². The fourth-order valence-electron chi connectivity index (χ4n) is 1.65. The lowest BCUT2D eigenvalue weighted by Crippen LogP contribution is -2.40. The van der Waals surface area contributed by atoms with Crippen LogP contribution in [0.5, 0.6) is 0 Å². The lowest BCUT2D eigenvalue weighted by molar-refractivity contribution is -0.143. The molecule has 0 saturated carbocycles. The first-order valence-corrected chi connectivity index (χ1v) is 7.17. The lowest BCUT2D eigenvalue weighted by Gasteiger charge is -2.17. The largest absolute Gasteiger partial charge is 0.481 e. The molecule has 0 aliphatic carbocycles. The Balaban J connectivity index is 0.000000515. The highest BCUT2D eigenvalue weighted by Gasteiger charge is 2.20. The van der Waals surface area contributed by atoms with Crippen LogP contribution in [0.3, 0.4) is 0 Å². The second-order valence-electron chi connectivity index (χ2n) is 5.21. The Labute approximate surface area is 135 Å². The summed E-state index contributed by atoms with van der Waals surface area (Å²) in [5.74, 6) is -2.85. The summed E-state index contributed by atoms with van der Waals surface area (Å²) in [6.07, 6.45) is -0.593. The molecule has 4 N–H and O–H groups in total. The lowest BCUT2D eigenvalue weighted by atomic mass is 10.0. The maximum atomic E-state index is 10.9. The van der Waals surface area contributed by atoms with Crippen molar-refractivity contribution in [1.82, 2.24) is 5.32 Å². The standard InChI is InChI=1S/C12H17NO2.C4H6O4/c1-9(2)11(12(14)15)13-8-10-6-4-3-5-7-10;5-3(6)1-2-4(7)8/h3-7,9,11,13H,8H2,1-2H3,(H,14,15);1-2H2,(H,5,6)(H,7,8)/t11-;/m0./s1. The van der Waals surface area contributed by atoms with Gasteiger partial charge in [-0.2, -0.15) is 0 Å². The number of carboxylic acid groups (broad SMARTS) is 3. The number of rotatable bonds is 8. The number of aliphatic carboxylic acids is 3. The number of benzene rings is 1. The molecule has 0 heterocycles. The predicted molar refractivity (Wildman–Crippen MR) is 84.0 cm³/mol. The van der Waals surface area contributed by atoms with Crippen molar-refractivity contribution in [3.05, 3.63) is 35.9 Å². The van der Waals surface area contributed by atoms with Gasteiger partial charge in [-0.15, -0.1) is 0 Å². The van der Waals surface area contributed by atoms with Crippen molar-refractivity contribution in [1.29, 1.82) is 0 Å². The Morgan fingerprint density at radius 2 is 1.43 bits per heavy atom. The summed E-state index contributed by atoms with van der Waals surface area (Å²) < 4.78 is 0. The molecular formula is C16H23NO6. The van der Waals surface area contributed by atoms with E-state index in [4.69, 9.17) is 15.3 Å². The molecule has 1 atom stereocenters. The molecule has 0 spiro atoms. The van der Waals surface area contributed by atoms with E-state index in [-0.39, 0.29) is 18.8 Å². The minimum Gasteiger partial charge on any atom is -0.481 e. The van der Waals surface area contributed by atoms with Crippen LogP contribution in [-0.4, -0.2) is 39.3 Å². The predicted octanol–water partition coefficient (Wildman–Crippen LogP) is 1.82. The molecular weight excluding hydrogens is 302 g/mol. The van der Waals surface area contributed by atoms with E-state index < -0.39 is 23.9 Å². The molecule has 1 aromatic rings. The smallest absolute Gasteiger partial charge is 0.320 e. The number of hydrogen-bond donors (Lipinski definition) is 4. The van der Waals surface area contributed by atoms with E-state index in [1.54, 1.807) is 0 Å². The van der Waals surface area contributed by atoms with E-state index in [1.807, 2.05) is 44.2 Å². The average Bonchev–Trinajstić information content (AvgIpc) is 2.46. The highest BCUT2D eigenvalue weighted by molar-refractivity contribution is 5.75. The summed E-state index contributed by atoms with van der Waals surface area (Å²) in [7, 11) is 0. The topological polar surface area (TPSA) is 124 Å². The van der Waals surface area contributed by atoms with Crippen LogP contribution in [0.4, 0.5) is 0 Å². The van der Waals surface area contributed by atoms with Crippen LogP contribution in [0.15, 0.2) is 30.3 Å². The average molecular weight is 325 g/mol. The molecule has 1 rings (SSSR count). The van der Waals surface area contributed by atoms with Crippen molar-refractivity contribution >= 4 is 17.9 Å².